The van der Waals surface area contributed by atoms with E-state index in [1.165, 1.54) is 19.3 Å². The van der Waals surface area contributed by atoms with E-state index in [0.717, 1.165) is 26.2 Å². The highest BCUT2D eigenvalue weighted by atomic mass is 16.5. The molecule has 3 nitrogen and oxygen atoms in total. The maximum Gasteiger partial charge on any atom is 0.0589 e. The Morgan fingerprint density at radius 1 is 1.20 bits per heavy atom. The second-order valence-corrected chi connectivity index (χ2v) is 5.12. The molecule has 0 radical (unpaired) electrons. The standard InChI is InChI=1S/C12H28N2O/c1-12(2,11-13)7-5-6-8-14(3)9-10-15-4/h5-11,13H2,1-4H3. The van der Waals surface area contributed by atoms with Gasteiger partial charge in [-0.15, -0.1) is 0 Å². The summed E-state index contributed by atoms with van der Waals surface area (Å²) in [5.74, 6) is 0. The monoisotopic (exact) mass is 216 g/mol. The zero-order valence-electron chi connectivity index (χ0n) is 10.9. The maximum absolute atomic E-state index is 5.69. The van der Waals surface area contributed by atoms with E-state index in [1.807, 2.05) is 0 Å². The Hall–Kier alpha value is -0.120. The SMILES string of the molecule is COCCN(C)CCCCC(C)(C)CN. The van der Waals surface area contributed by atoms with Crippen molar-refractivity contribution in [1.82, 2.24) is 4.90 Å². The highest BCUT2D eigenvalue weighted by molar-refractivity contribution is 4.69. The second-order valence-electron chi connectivity index (χ2n) is 5.12. The van der Waals surface area contributed by atoms with Gasteiger partial charge in [-0.1, -0.05) is 20.3 Å². The maximum atomic E-state index is 5.69. The Labute approximate surface area is 95.0 Å². The summed E-state index contributed by atoms with van der Waals surface area (Å²) in [6, 6.07) is 0. The molecule has 3 heteroatoms. The predicted octanol–water partition coefficient (Wildman–Crippen LogP) is 1.72. The van der Waals surface area contributed by atoms with Crippen molar-refractivity contribution in [2.24, 2.45) is 11.1 Å². The smallest absolute Gasteiger partial charge is 0.0589 e. The first-order valence-electron chi connectivity index (χ1n) is 5.89. The summed E-state index contributed by atoms with van der Waals surface area (Å²) in [6.45, 7) is 8.27. The highest BCUT2D eigenvalue weighted by Crippen LogP contribution is 2.21. The van der Waals surface area contributed by atoms with E-state index in [0.29, 0.717) is 5.41 Å². The quantitative estimate of drug-likeness (QED) is 0.596. The fourth-order valence-corrected chi connectivity index (χ4v) is 1.45. The van der Waals surface area contributed by atoms with Gasteiger partial charge >= 0.3 is 0 Å². The molecule has 0 aliphatic carbocycles. The van der Waals surface area contributed by atoms with Gasteiger partial charge < -0.3 is 15.4 Å². The molecule has 0 aromatic carbocycles. The van der Waals surface area contributed by atoms with Crippen LogP contribution in [0.3, 0.4) is 0 Å². The summed E-state index contributed by atoms with van der Waals surface area (Å²) in [5.41, 5.74) is 6.00. The van der Waals surface area contributed by atoms with Gasteiger partial charge in [-0.05, 0) is 38.4 Å². The molecule has 0 aliphatic rings. The third-order valence-corrected chi connectivity index (χ3v) is 2.87. The number of likely N-dealkylation sites (N-methyl/N-ethyl adjacent to an activating group) is 1. The molecule has 0 rings (SSSR count). The number of nitrogens with zero attached hydrogens (tertiary/aromatic N) is 1. The number of hydrogen-bond donors (Lipinski definition) is 1. The van der Waals surface area contributed by atoms with Gasteiger partial charge in [0.15, 0.2) is 0 Å². The molecule has 0 saturated heterocycles. The summed E-state index contributed by atoms with van der Waals surface area (Å²) >= 11 is 0. The van der Waals surface area contributed by atoms with E-state index in [-0.39, 0.29) is 0 Å². The van der Waals surface area contributed by atoms with Crippen LogP contribution in [0.15, 0.2) is 0 Å². The Balaban J connectivity index is 3.37. The fourth-order valence-electron chi connectivity index (χ4n) is 1.45. The average molecular weight is 216 g/mol. The molecule has 0 spiro atoms. The summed E-state index contributed by atoms with van der Waals surface area (Å²) in [7, 11) is 3.89. The van der Waals surface area contributed by atoms with Crippen molar-refractivity contribution in [3.63, 3.8) is 0 Å². The van der Waals surface area contributed by atoms with Crippen LogP contribution in [0.1, 0.15) is 33.1 Å². The molecule has 92 valence electrons. The number of unbranched alkanes of at least 4 members (excludes halogenated alkanes) is 1. The summed E-state index contributed by atoms with van der Waals surface area (Å²) in [5, 5.41) is 0. The molecule has 0 atom stereocenters. The Kier molecular flexibility index (Phi) is 8.02. The van der Waals surface area contributed by atoms with Crippen LogP contribution in [-0.2, 0) is 4.74 Å². The lowest BCUT2D eigenvalue weighted by Gasteiger charge is -2.23. The van der Waals surface area contributed by atoms with Crippen LogP contribution in [0.2, 0.25) is 0 Å². The van der Waals surface area contributed by atoms with Crippen molar-refractivity contribution in [2.45, 2.75) is 33.1 Å². The molecule has 15 heavy (non-hydrogen) atoms. The third-order valence-electron chi connectivity index (χ3n) is 2.87. The van der Waals surface area contributed by atoms with Crippen LogP contribution in [0.25, 0.3) is 0 Å². The zero-order valence-corrected chi connectivity index (χ0v) is 10.9. The van der Waals surface area contributed by atoms with E-state index in [9.17, 15) is 0 Å². The lowest BCUT2D eigenvalue weighted by molar-refractivity contribution is 0.159. The van der Waals surface area contributed by atoms with Crippen molar-refractivity contribution < 1.29 is 4.74 Å². The molecule has 2 N–H and O–H groups in total. The van der Waals surface area contributed by atoms with E-state index in [4.69, 9.17) is 10.5 Å². The van der Waals surface area contributed by atoms with Crippen LogP contribution >= 0.6 is 0 Å². The molecule has 0 aromatic heterocycles. The first-order chi connectivity index (χ1) is 7.02. The predicted molar refractivity (Wildman–Crippen MR) is 66.1 cm³/mol. The lowest BCUT2D eigenvalue weighted by atomic mass is 9.87. The van der Waals surface area contributed by atoms with Gasteiger partial charge in [0.2, 0.25) is 0 Å². The number of ether oxygens (including phenoxy) is 1. The Morgan fingerprint density at radius 2 is 1.87 bits per heavy atom. The van der Waals surface area contributed by atoms with Crippen molar-refractivity contribution in [1.29, 1.82) is 0 Å². The Bertz CT molecular complexity index is 149. The van der Waals surface area contributed by atoms with Gasteiger partial charge in [0, 0.05) is 13.7 Å². The minimum Gasteiger partial charge on any atom is -0.383 e. The van der Waals surface area contributed by atoms with Crippen molar-refractivity contribution in [3.8, 4) is 0 Å². The molecule has 0 amide bonds. The van der Waals surface area contributed by atoms with E-state index in [1.54, 1.807) is 7.11 Å². The first kappa shape index (κ1) is 14.9. The third kappa shape index (κ3) is 8.85. The van der Waals surface area contributed by atoms with Crippen molar-refractivity contribution in [3.05, 3.63) is 0 Å². The summed E-state index contributed by atoms with van der Waals surface area (Å²) in [6.07, 6.45) is 3.74. The lowest BCUT2D eigenvalue weighted by Crippen LogP contribution is -2.25. The number of rotatable bonds is 9. The molecule has 0 heterocycles. The molecule has 0 saturated carbocycles. The Morgan fingerprint density at radius 3 is 2.40 bits per heavy atom. The van der Waals surface area contributed by atoms with Crippen molar-refractivity contribution >= 4 is 0 Å². The van der Waals surface area contributed by atoms with Crippen LogP contribution in [0.4, 0.5) is 0 Å². The van der Waals surface area contributed by atoms with Crippen LogP contribution < -0.4 is 5.73 Å². The average Bonchev–Trinajstić information content (AvgIpc) is 2.21. The topological polar surface area (TPSA) is 38.5 Å². The van der Waals surface area contributed by atoms with Crippen LogP contribution in [-0.4, -0.2) is 45.3 Å². The van der Waals surface area contributed by atoms with Gasteiger partial charge in [0.25, 0.3) is 0 Å². The van der Waals surface area contributed by atoms with Gasteiger partial charge in [0.05, 0.1) is 6.61 Å². The van der Waals surface area contributed by atoms with Gasteiger partial charge in [-0.2, -0.15) is 0 Å². The summed E-state index contributed by atoms with van der Waals surface area (Å²) < 4.78 is 5.03. The van der Waals surface area contributed by atoms with Gasteiger partial charge in [-0.25, -0.2) is 0 Å². The van der Waals surface area contributed by atoms with Crippen LogP contribution in [0, 0.1) is 5.41 Å². The largest absolute Gasteiger partial charge is 0.383 e. The molecule has 0 unspecified atom stereocenters. The van der Waals surface area contributed by atoms with Gasteiger partial charge in [0.1, 0.15) is 0 Å². The minimum atomic E-state index is 0.311. The second kappa shape index (κ2) is 8.08. The van der Waals surface area contributed by atoms with E-state index >= 15 is 0 Å². The first-order valence-corrected chi connectivity index (χ1v) is 5.89. The highest BCUT2D eigenvalue weighted by Gasteiger charge is 2.14. The number of hydrogen-bond acceptors (Lipinski definition) is 3. The fraction of sp³-hybridized carbons (Fsp3) is 1.00. The minimum absolute atomic E-state index is 0.311. The summed E-state index contributed by atoms with van der Waals surface area (Å²) in [4.78, 5) is 2.32. The molecule has 0 fully saturated rings. The normalized spacial score (nSPS) is 12.4. The molecular formula is C12H28N2O. The zero-order chi connectivity index (χ0) is 11.7. The number of nitrogens with two attached hydrogens (primary N) is 1. The molecule has 0 aromatic rings. The molecule has 0 aliphatic heterocycles. The number of methoxy groups -OCH3 is 1. The van der Waals surface area contributed by atoms with Gasteiger partial charge in [-0.3, -0.25) is 0 Å². The molecule has 0 bridgehead atoms. The van der Waals surface area contributed by atoms with Crippen molar-refractivity contribution in [2.75, 3.05) is 40.4 Å². The molecular weight excluding hydrogens is 188 g/mol. The van der Waals surface area contributed by atoms with E-state index in [2.05, 4.69) is 25.8 Å². The van der Waals surface area contributed by atoms with Crippen LogP contribution in [0.5, 0.6) is 0 Å². The van der Waals surface area contributed by atoms with E-state index < -0.39 is 0 Å².